The number of ether oxygens (including phenoxy) is 2. The molecule has 0 saturated carbocycles. The second kappa shape index (κ2) is 19.3. The van der Waals surface area contributed by atoms with Crippen LogP contribution in [0.2, 0.25) is 15.1 Å². The maximum Gasteiger partial charge on any atom is 0.219 e. The van der Waals surface area contributed by atoms with Gasteiger partial charge in [0.15, 0.2) is 0 Å². The quantitative estimate of drug-likeness (QED) is 0.170. The van der Waals surface area contributed by atoms with Crippen molar-refractivity contribution in [2.24, 2.45) is 5.73 Å². The standard InChI is InChI=1S/C23H24ClN3O2.C15H15ClN2O.C8H10ClNO/c1-14-4-6-20-17(10-14)23(18-13-27(15(2)28)9-8-21(18)26-20)25-12-16-5-7-22(29-3)19(24)11-16;1-9-3-4-13-11(7-9)15(16)12-8-18(10(2)19)6-5-14(12)17-13;1-11-8-3-2-6(5-10)4-7(8)9/h4-7,10-11H,8-9,12-13H2,1-3H3,(H,25,26);3-4,7H,5-6,8H2,1-2H3;2-4H,5,10H2,1H3. The molecule has 0 unspecified atom stereocenters. The summed E-state index contributed by atoms with van der Waals surface area (Å²) in [7, 11) is 3.20. The molecule has 4 heterocycles. The van der Waals surface area contributed by atoms with Crippen LogP contribution in [-0.4, -0.2) is 58.9 Å². The number of pyridine rings is 2. The first-order chi connectivity index (χ1) is 28.3. The van der Waals surface area contributed by atoms with Crippen molar-refractivity contribution in [3.05, 3.63) is 133 Å². The number of amides is 2. The first-order valence-electron chi connectivity index (χ1n) is 19.4. The van der Waals surface area contributed by atoms with Crippen molar-refractivity contribution in [1.29, 1.82) is 0 Å². The molecule has 0 atom stereocenters. The number of aryl methyl sites for hydroxylation is 2. The molecular weight excluding hydrogens is 807 g/mol. The molecule has 0 radical (unpaired) electrons. The molecule has 0 bridgehead atoms. The maximum absolute atomic E-state index is 12.0. The largest absolute Gasteiger partial charge is 0.495 e. The van der Waals surface area contributed by atoms with Crippen LogP contribution in [0.1, 0.15) is 58.6 Å². The SMILES string of the molecule is CC(=O)N1CCc2nc3ccc(C)cc3c(Cl)c2C1.COc1ccc(CN)cc1Cl.COc1ccc(CNc2c3c(nc4ccc(C)cc24)CCN(C(C)=O)C3)cc1Cl. The summed E-state index contributed by atoms with van der Waals surface area (Å²) in [4.78, 5) is 36.7. The number of anilines is 1. The fourth-order valence-electron chi connectivity index (χ4n) is 7.25. The lowest BCUT2D eigenvalue weighted by Crippen LogP contribution is -2.35. The first-order valence-corrected chi connectivity index (χ1v) is 20.5. The van der Waals surface area contributed by atoms with Crippen molar-refractivity contribution in [1.82, 2.24) is 19.8 Å². The summed E-state index contributed by atoms with van der Waals surface area (Å²) in [6, 6.07) is 23.7. The molecule has 3 N–H and O–H groups in total. The number of hydrogen-bond donors (Lipinski definition) is 2. The number of hydrogen-bond acceptors (Lipinski definition) is 8. The van der Waals surface area contributed by atoms with E-state index in [1.54, 1.807) is 34.1 Å². The highest BCUT2D eigenvalue weighted by Crippen LogP contribution is 2.35. The number of nitrogens with two attached hydrogens (primary N) is 1. The molecule has 0 spiro atoms. The molecule has 0 fully saturated rings. The van der Waals surface area contributed by atoms with Gasteiger partial charge in [-0.25, -0.2) is 0 Å². The molecule has 0 aliphatic carbocycles. The van der Waals surface area contributed by atoms with E-state index in [1.807, 2.05) is 59.2 Å². The van der Waals surface area contributed by atoms with Gasteiger partial charge in [0, 0.05) is 99.2 Å². The van der Waals surface area contributed by atoms with Crippen LogP contribution in [0.4, 0.5) is 5.69 Å². The van der Waals surface area contributed by atoms with E-state index in [1.165, 1.54) is 5.56 Å². The Kier molecular flexibility index (Phi) is 14.2. The Bertz CT molecular complexity index is 2530. The molecule has 0 saturated heterocycles. The average molecular weight is 856 g/mol. The molecule has 13 heteroatoms. The Hall–Kier alpha value is -5.13. The predicted octanol–water partition coefficient (Wildman–Crippen LogP) is 9.63. The number of halogens is 3. The maximum atomic E-state index is 12.0. The normalized spacial score (nSPS) is 13.1. The molecule has 6 aromatic rings. The number of nitrogens with zero attached hydrogens (tertiary/aromatic N) is 4. The zero-order valence-corrected chi connectivity index (χ0v) is 36.5. The number of methoxy groups -OCH3 is 2. The molecule has 2 aromatic heterocycles. The van der Waals surface area contributed by atoms with Crippen molar-refractivity contribution in [3.8, 4) is 11.5 Å². The summed E-state index contributed by atoms with van der Waals surface area (Å²) < 4.78 is 10.2. The van der Waals surface area contributed by atoms with Gasteiger partial charge >= 0.3 is 0 Å². The fraction of sp³-hybridized carbons (Fsp3) is 0.304. The highest BCUT2D eigenvalue weighted by atomic mass is 35.5. The van der Waals surface area contributed by atoms with Crippen LogP contribution in [0, 0.1) is 13.8 Å². The number of benzene rings is 4. The number of nitrogens with one attached hydrogen (secondary N) is 1. The van der Waals surface area contributed by atoms with Gasteiger partial charge in [0.25, 0.3) is 0 Å². The molecule has 4 aromatic carbocycles. The summed E-state index contributed by atoms with van der Waals surface area (Å²) in [5.74, 6) is 1.53. The topological polar surface area (TPSA) is 123 Å². The number of aromatic nitrogens is 2. The molecule has 2 aliphatic heterocycles. The summed E-state index contributed by atoms with van der Waals surface area (Å²) in [6.07, 6.45) is 1.54. The fourth-order valence-corrected chi connectivity index (χ4v) is 8.13. The molecular formula is C46H49Cl3N6O4. The predicted molar refractivity (Wildman–Crippen MR) is 239 cm³/mol. The average Bonchev–Trinajstić information content (AvgIpc) is 3.23. The van der Waals surface area contributed by atoms with E-state index in [9.17, 15) is 9.59 Å². The van der Waals surface area contributed by atoms with E-state index in [-0.39, 0.29) is 11.8 Å². The van der Waals surface area contributed by atoms with E-state index in [2.05, 4.69) is 41.5 Å². The van der Waals surface area contributed by atoms with Crippen LogP contribution >= 0.6 is 34.8 Å². The third-order valence-corrected chi connectivity index (χ3v) is 11.6. The van der Waals surface area contributed by atoms with Crippen molar-refractivity contribution >= 4 is 74.1 Å². The summed E-state index contributed by atoms with van der Waals surface area (Å²) in [5.41, 5.74) is 17.0. The lowest BCUT2D eigenvalue weighted by Gasteiger charge is -2.30. The number of carbonyl (C=O) groups is 2. The molecule has 2 aliphatic rings. The van der Waals surface area contributed by atoms with E-state index in [0.29, 0.717) is 54.3 Å². The molecule has 308 valence electrons. The molecule has 2 amide bonds. The second-order valence-corrected chi connectivity index (χ2v) is 15.9. The van der Waals surface area contributed by atoms with Gasteiger partial charge in [-0.05, 0) is 73.5 Å². The molecule has 8 rings (SSSR count). The molecule has 59 heavy (non-hydrogen) atoms. The van der Waals surface area contributed by atoms with Crippen LogP contribution in [0.15, 0.2) is 72.8 Å². The first kappa shape index (κ1) is 43.4. The second-order valence-electron chi connectivity index (χ2n) is 14.7. The smallest absolute Gasteiger partial charge is 0.219 e. The minimum Gasteiger partial charge on any atom is -0.495 e. The van der Waals surface area contributed by atoms with Crippen LogP contribution in [0.25, 0.3) is 21.8 Å². The van der Waals surface area contributed by atoms with Gasteiger partial charge < -0.3 is 30.3 Å². The zero-order valence-electron chi connectivity index (χ0n) is 34.2. The Morgan fingerprint density at radius 1 is 0.695 bits per heavy atom. The van der Waals surface area contributed by atoms with Crippen molar-refractivity contribution < 1.29 is 19.1 Å². The van der Waals surface area contributed by atoms with E-state index < -0.39 is 0 Å². The van der Waals surface area contributed by atoms with Crippen molar-refractivity contribution in [3.63, 3.8) is 0 Å². The van der Waals surface area contributed by atoms with Gasteiger partial charge in [-0.3, -0.25) is 19.6 Å². The minimum absolute atomic E-state index is 0.0889. The lowest BCUT2D eigenvalue weighted by molar-refractivity contribution is -0.130. The highest BCUT2D eigenvalue weighted by molar-refractivity contribution is 6.36. The van der Waals surface area contributed by atoms with Crippen LogP contribution in [-0.2, 0) is 48.6 Å². The summed E-state index contributed by atoms with van der Waals surface area (Å²) in [5, 5.41) is 7.60. The van der Waals surface area contributed by atoms with Crippen LogP contribution in [0.5, 0.6) is 11.5 Å². The monoisotopic (exact) mass is 854 g/mol. The van der Waals surface area contributed by atoms with E-state index in [0.717, 1.165) is 91.1 Å². The van der Waals surface area contributed by atoms with Gasteiger partial charge in [0.05, 0.1) is 46.0 Å². The third kappa shape index (κ3) is 10.2. The van der Waals surface area contributed by atoms with Gasteiger partial charge in [0.2, 0.25) is 11.8 Å². The Morgan fingerprint density at radius 2 is 1.19 bits per heavy atom. The summed E-state index contributed by atoms with van der Waals surface area (Å²) >= 11 is 18.6. The van der Waals surface area contributed by atoms with Gasteiger partial charge in [-0.2, -0.15) is 0 Å². The minimum atomic E-state index is 0.0889. The zero-order chi connectivity index (χ0) is 42.4. The van der Waals surface area contributed by atoms with Crippen molar-refractivity contribution in [2.45, 2.75) is 66.7 Å². The highest BCUT2D eigenvalue weighted by Gasteiger charge is 2.25. The number of rotatable bonds is 6. The van der Waals surface area contributed by atoms with Crippen molar-refractivity contribution in [2.75, 3.05) is 32.6 Å². The van der Waals surface area contributed by atoms with Crippen LogP contribution in [0.3, 0.4) is 0 Å². The van der Waals surface area contributed by atoms with Gasteiger partial charge in [-0.1, -0.05) is 70.2 Å². The van der Waals surface area contributed by atoms with E-state index >= 15 is 0 Å². The lowest BCUT2D eigenvalue weighted by atomic mass is 9.98. The number of carbonyl (C=O) groups excluding carboxylic acids is 2. The Balaban J connectivity index is 0.000000166. The molecule has 10 nitrogen and oxygen atoms in total. The number of fused-ring (bicyclic) bond motifs is 4. The third-order valence-electron chi connectivity index (χ3n) is 10.5. The van der Waals surface area contributed by atoms with Gasteiger partial charge in [0.1, 0.15) is 11.5 Å². The van der Waals surface area contributed by atoms with E-state index in [4.69, 9.17) is 55.0 Å². The Labute approximate surface area is 360 Å². The Morgan fingerprint density at radius 3 is 1.71 bits per heavy atom. The summed E-state index contributed by atoms with van der Waals surface area (Å²) in [6.45, 7) is 11.0. The van der Waals surface area contributed by atoms with Crippen LogP contribution < -0.4 is 20.5 Å². The van der Waals surface area contributed by atoms with Gasteiger partial charge in [-0.15, -0.1) is 0 Å².